The molecule has 2 aromatic carbocycles. The molecule has 1 aromatic heterocycles. The van der Waals surface area contributed by atoms with Gasteiger partial charge in [-0.2, -0.15) is 0 Å². The summed E-state index contributed by atoms with van der Waals surface area (Å²) in [6.45, 7) is 2.69. The van der Waals surface area contributed by atoms with Crippen LogP contribution in [0, 0.1) is 0 Å². The minimum atomic E-state index is -0.503. The van der Waals surface area contributed by atoms with Crippen LogP contribution in [0.2, 0.25) is 5.02 Å². The molecule has 3 aromatic rings. The van der Waals surface area contributed by atoms with Crippen molar-refractivity contribution in [1.29, 1.82) is 0 Å². The Morgan fingerprint density at radius 2 is 1.71 bits per heavy atom. The third kappa shape index (κ3) is 4.06. The Kier molecular flexibility index (Phi) is 5.36. The van der Waals surface area contributed by atoms with Crippen molar-refractivity contribution in [3.05, 3.63) is 83.1 Å². The summed E-state index contributed by atoms with van der Waals surface area (Å²) < 4.78 is 5.89. The number of hydrogen-bond acceptors (Lipinski definition) is 2. The van der Waals surface area contributed by atoms with E-state index < -0.39 is 6.10 Å². The molecule has 0 amide bonds. The predicted octanol–water partition coefficient (Wildman–Crippen LogP) is 3.79. The number of benzene rings is 2. The summed E-state index contributed by atoms with van der Waals surface area (Å²) in [5.74, 6) is 1.71. The molecule has 0 saturated carbocycles. The Morgan fingerprint density at radius 1 is 1.00 bits per heavy atom. The average Bonchev–Trinajstić information content (AvgIpc) is 3.09. The quantitative estimate of drug-likeness (QED) is 0.716. The van der Waals surface area contributed by atoms with Gasteiger partial charge in [-0.3, -0.25) is 0 Å². The second kappa shape index (κ2) is 7.67. The van der Waals surface area contributed by atoms with Gasteiger partial charge in [-0.15, -0.1) is 0 Å². The average molecular weight is 343 g/mol. The lowest BCUT2D eigenvalue weighted by Crippen LogP contribution is -2.88. The van der Waals surface area contributed by atoms with Crippen LogP contribution >= 0.6 is 11.6 Å². The smallest absolute Gasteiger partial charge is 0.158 e. The highest BCUT2D eigenvalue weighted by Crippen LogP contribution is 2.23. The first-order valence-electron chi connectivity index (χ1n) is 8.04. The van der Waals surface area contributed by atoms with E-state index in [-0.39, 0.29) is 6.04 Å². The topological polar surface area (TPSA) is 50.0 Å². The Labute approximate surface area is 146 Å². The molecule has 0 aliphatic heterocycles. The third-order valence-corrected chi connectivity index (χ3v) is 4.37. The fourth-order valence-corrected chi connectivity index (χ4v) is 2.77. The van der Waals surface area contributed by atoms with E-state index in [4.69, 9.17) is 16.0 Å². The molecule has 0 aliphatic rings. The maximum Gasteiger partial charge on any atom is 0.158 e. The van der Waals surface area contributed by atoms with E-state index in [0.29, 0.717) is 11.6 Å². The molecule has 0 radical (unpaired) electrons. The van der Waals surface area contributed by atoms with Crippen molar-refractivity contribution in [3.63, 3.8) is 0 Å². The fourth-order valence-electron chi connectivity index (χ4n) is 2.64. The lowest BCUT2D eigenvalue weighted by molar-refractivity contribution is -0.710. The van der Waals surface area contributed by atoms with E-state index in [9.17, 15) is 5.11 Å². The number of furan rings is 1. The van der Waals surface area contributed by atoms with Gasteiger partial charge in [0.2, 0.25) is 0 Å². The summed E-state index contributed by atoms with van der Waals surface area (Å²) in [4.78, 5) is 0. The lowest BCUT2D eigenvalue weighted by atomic mass is 10.0. The van der Waals surface area contributed by atoms with E-state index >= 15 is 0 Å². The van der Waals surface area contributed by atoms with E-state index in [2.05, 4.69) is 5.32 Å². The zero-order valence-electron chi connectivity index (χ0n) is 13.5. The van der Waals surface area contributed by atoms with Gasteiger partial charge in [0.05, 0.1) is 0 Å². The van der Waals surface area contributed by atoms with Gasteiger partial charge >= 0.3 is 0 Å². The van der Waals surface area contributed by atoms with Crippen molar-refractivity contribution < 1.29 is 14.8 Å². The number of rotatable bonds is 6. The normalized spacial score (nSPS) is 13.6. The molecule has 0 saturated heterocycles. The second-order valence-electron chi connectivity index (χ2n) is 5.93. The van der Waals surface area contributed by atoms with Crippen molar-refractivity contribution >= 4 is 11.6 Å². The lowest BCUT2D eigenvalue weighted by Gasteiger charge is -2.17. The number of halogens is 1. The van der Waals surface area contributed by atoms with E-state index in [1.54, 1.807) is 0 Å². The molecule has 0 aliphatic carbocycles. The molecule has 0 spiro atoms. The summed E-state index contributed by atoms with van der Waals surface area (Å²) in [5, 5.41) is 13.2. The van der Waals surface area contributed by atoms with E-state index in [0.717, 1.165) is 22.6 Å². The molecular formula is C20H21ClNO2+. The predicted molar refractivity (Wildman–Crippen MR) is 95.6 cm³/mol. The first kappa shape index (κ1) is 16.8. The summed E-state index contributed by atoms with van der Waals surface area (Å²) in [6, 6.07) is 21.3. The first-order chi connectivity index (χ1) is 11.6. The third-order valence-electron chi connectivity index (χ3n) is 4.12. The minimum Gasteiger partial charge on any atom is -0.455 e. The zero-order chi connectivity index (χ0) is 16.9. The molecule has 124 valence electrons. The van der Waals surface area contributed by atoms with Crippen LogP contribution in [-0.2, 0) is 6.54 Å². The van der Waals surface area contributed by atoms with Gasteiger partial charge in [-0.05, 0) is 48.9 Å². The van der Waals surface area contributed by atoms with E-state index in [1.165, 1.54) is 0 Å². The van der Waals surface area contributed by atoms with Crippen LogP contribution in [0.5, 0.6) is 0 Å². The second-order valence-corrected chi connectivity index (χ2v) is 6.36. The molecule has 2 atom stereocenters. The molecule has 0 bridgehead atoms. The number of hydrogen-bond donors (Lipinski definition) is 2. The molecule has 1 heterocycles. The first-order valence-corrected chi connectivity index (χ1v) is 8.42. The number of aliphatic hydroxyl groups is 1. The van der Waals surface area contributed by atoms with Gasteiger partial charge in [0.15, 0.2) is 5.76 Å². The number of quaternary nitrogens is 1. The molecule has 24 heavy (non-hydrogen) atoms. The van der Waals surface area contributed by atoms with Crippen LogP contribution < -0.4 is 5.32 Å². The van der Waals surface area contributed by atoms with Crippen molar-refractivity contribution in [1.82, 2.24) is 0 Å². The standard InChI is InChI=1S/C20H20ClNO2/c1-14(20(23)16-5-3-2-4-6-16)22-13-18-11-12-19(24-18)15-7-9-17(21)10-8-15/h2-12,14,20,22-23H,13H2,1H3/p+1/t14-,20-/m0/s1. The Hall–Kier alpha value is -2.07. The van der Waals surface area contributed by atoms with E-state index in [1.807, 2.05) is 73.7 Å². The highest BCUT2D eigenvalue weighted by atomic mass is 35.5. The van der Waals surface area contributed by atoms with Crippen LogP contribution in [0.25, 0.3) is 11.3 Å². The van der Waals surface area contributed by atoms with Crippen LogP contribution in [-0.4, -0.2) is 11.1 Å². The molecule has 3 N–H and O–H groups in total. The largest absolute Gasteiger partial charge is 0.455 e. The van der Waals surface area contributed by atoms with Crippen molar-refractivity contribution in [2.24, 2.45) is 0 Å². The Bertz CT molecular complexity index is 768. The number of aliphatic hydroxyl groups excluding tert-OH is 1. The minimum absolute atomic E-state index is 0.0384. The van der Waals surface area contributed by atoms with Gasteiger partial charge in [0.25, 0.3) is 0 Å². The summed E-state index contributed by atoms with van der Waals surface area (Å²) >= 11 is 5.91. The molecular weight excluding hydrogens is 322 g/mol. The molecule has 3 nitrogen and oxygen atoms in total. The van der Waals surface area contributed by atoms with Gasteiger partial charge < -0.3 is 14.8 Å². The van der Waals surface area contributed by atoms with Gasteiger partial charge in [0, 0.05) is 10.6 Å². The van der Waals surface area contributed by atoms with Gasteiger partial charge in [0.1, 0.15) is 24.5 Å². The molecule has 0 fully saturated rings. The molecule has 3 rings (SSSR count). The molecule has 0 unspecified atom stereocenters. The van der Waals surface area contributed by atoms with Crippen molar-refractivity contribution in [3.8, 4) is 11.3 Å². The Balaban J connectivity index is 1.60. The SMILES string of the molecule is C[C@H]([NH2+]Cc1ccc(-c2ccc(Cl)cc2)o1)[C@H](O)c1ccccc1. The summed E-state index contributed by atoms with van der Waals surface area (Å²) in [7, 11) is 0. The Morgan fingerprint density at radius 3 is 2.42 bits per heavy atom. The van der Waals surface area contributed by atoms with Crippen LogP contribution in [0.3, 0.4) is 0 Å². The highest BCUT2D eigenvalue weighted by molar-refractivity contribution is 6.30. The van der Waals surface area contributed by atoms with Crippen LogP contribution in [0.15, 0.2) is 71.1 Å². The molecule has 4 heteroatoms. The highest BCUT2D eigenvalue weighted by Gasteiger charge is 2.19. The monoisotopic (exact) mass is 342 g/mol. The summed E-state index contributed by atoms with van der Waals surface area (Å²) in [5.41, 5.74) is 1.94. The van der Waals surface area contributed by atoms with Crippen LogP contribution in [0.4, 0.5) is 0 Å². The van der Waals surface area contributed by atoms with Crippen molar-refractivity contribution in [2.75, 3.05) is 0 Å². The zero-order valence-corrected chi connectivity index (χ0v) is 14.3. The van der Waals surface area contributed by atoms with Gasteiger partial charge in [-0.25, -0.2) is 0 Å². The maximum absolute atomic E-state index is 10.4. The van der Waals surface area contributed by atoms with Crippen LogP contribution in [0.1, 0.15) is 24.4 Å². The maximum atomic E-state index is 10.4. The summed E-state index contributed by atoms with van der Waals surface area (Å²) in [6.07, 6.45) is -0.503. The van der Waals surface area contributed by atoms with Gasteiger partial charge in [-0.1, -0.05) is 41.9 Å². The van der Waals surface area contributed by atoms with Crippen molar-refractivity contribution in [2.45, 2.75) is 25.6 Å². The fraction of sp³-hybridized carbons (Fsp3) is 0.200. The number of nitrogens with two attached hydrogens (primary N) is 1.